The van der Waals surface area contributed by atoms with Crippen molar-refractivity contribution in [1.29, 1.82) is 0 Å². The molecular weight excluding hydrogens is 245 g/mol. The largest absolute Gasteiger partial charge is 0.481 e. The number of aliphatic carboxylic acids is 1. The summed E-state index contributed by atoms with van der Waals surface area (Å²) in [6.45, 7) is 1.85. The molecule has 19 heavy (non-hydrogen) atoms. The van der Waals surface area contributed by atoms with E-state index in [2.05, 4.69) is 4.98 Å². The fraction of sp³-hybridized carbons (Fsp3) is 0.200. The molecule has 1 N–H and O–H groups in total. The van der Waals surface area contributed by atoms with Crippen LogP contribution in [0, 0.1) is 12.7 Å². The predicted octanol–water partition coefficient (Wildman–Crippen LogP) is 3.21. The molecule has 0 atom stereocenters. The second kappa shape index (κ2) is 5.61. The van der Waals surface area contributed by atoms with Gasteiger partial charge in [0, 0.05) is 17.7 Å². The summed E-state index contributed by atoms with van der Waals surface area (Å²) < 4.78 is 12.8. The number of pyridine rings is 1. The molecular formula is C15H14FNO2. The fourth-order valence-corrected chi connectivity index (χ4v) is 1.88. The molecule has 0 saturated carbocycles. The molecule has 3 nitrogen and oxygen atoms in total. The van der Waals surface area contributed by atoms with E-state index in [-0.39, 0.29) is 12.2 Å². The van der Waals surface area contributed by atoms with Crippen LogP contribution in [0.5, 0.6) is 0 Å². The molecule has 0 aliphatic carbocycles. The fourth-order valence-electron chi connectivity index (χ4n) is 1.88. The molecule has 0 fully saturated rings. The van der Waals surface area contributed by atoms with Crippen LogP contribution >= 0.6 is 0 Å². The van der Waals surface area contributed by atoms with Crippen LogP contribution in [-0.2, 0) is 11.2 Å². The van der Waals surface area contributed by atoms with Crippen molar-refractivity contribution in [2.24, 2.45) is 0 Å². The average molecular weight is 259 g/mol. The first kappa shape index (κ1) is 13.2. The molecule has 2 rings (SSSR count). The predicted molar refractivity (Wildman–Crippen MR) is 70.3 cm³/mol. The van der Waals surface area contributed by atoms with E-state index in [9.17, 15) is 9.18 Å². The number of carbonyl (C=O) groups is 1. The van der Waals surface area contributed by atoms with Crippen LogP contribution < -0.4 is 0 Å². The molecule has 0 amide bonds. The van der Waals surface area contributed by atoms with Crippen molar-refractivity contribution in [3.63, 3.8) is 0 Å². The summed E-state index contributed by atoms with van der Waals surface area (Å²) in [4.78, 5) is 15.0. The van der Waals surface area contributed by atoms with E-state index < -0.39 is 5.97 Å². The molecule has 2 aromatic rings. The topological polar surface area (TPSA) is 50.2 Å². The molecule has 0 saturated heterocycles. The van der Waals surface area contributed by atoms with Gasteiger partial charge in [0.05, 0.1) is 5.69 Å². The van der Waals surface area contributed by atoms with E-state index in [0.29, 0.717) is 6.42 Å². The number of aromatic nitrogens is 1. The van der Waals surface area contributed by atoms with Crippen molar-refractivity contribution in [3.8, 4) is 11.3 Å². The number of benzene rings is 1. The lowest BCUT2D eigenvalue weighted by Gasteiger charge is -2.07. The van der Waals surface area contributed by atoms with Gasteiger partial charge in [-0.1, -0.05) is 6.07 Å². The third-order valence-electron chi connectivity index (χ3n) is 2.94. The van der Waals surface area contributed by atoms with Crippen molar-refractivity contribution in [3.05, 3.63) is 53.5 Å². The molecule has 0 aliphatic rings. The van der Waals surface area contributed by atoms with E-state index in [1.807, 2.05) is 19.1 Å². The molecule has 0 aliphatic heterocycles. The van der Waals surface area contributed by atoms with Gasteiger partial charge in [0.1, 0.15) is 5.82 Å². The maximum Gasteiger partial charge on any atom is 0.303 e. The first-order valence-corrected chi connectivity index (χ1v) is 6.00. The maximum absolute atomic E-state index is 12.8. The smallest absolute Gasteiger partial charge is 0.303 e. The van der Waals surface area contributed by atoms with Gasteiger partial charge >= 0.3 is 5.97 Å². The van der Waals surface area contributed by atoms with Crippen molar-refractivity contribution >= 4 is 5.97 Å². The number of nitrogens with zero attached hydrogens (tertiary/aromatic N) is 1. The van der Waals surface area contributed by atoms with Crippen molar-refractivity contribution in [2.45, 2.75) is 19.8 Å². The zero-order chi connectivity index (χ0) is 13.8. The van der Waals surface area contributed by atoms with Gasteiger partial charge in [-0.15, -0.1) is 0 Å². The summed E-state index contributed by atoms with van der Waals surface area (Å²) in [5.74, 6) is -1.10. The van der Waals surface area contributed by atoms with Crippen LogP contribution in [0.15, 0.2) is 36.4 Å². The monoisotopic (exact) mass is 259 g/mol. The zero-order valence-electron chi connectivity index (χ0n) is 10.6. The standard InChI is InChI=1S/C15H14FNO2/c1-10-11(5-9-15(18)19)4-8-14(17-10)12-2-6-13(16)7-3-12/h2-4,6-8H,5,9H2,1H3,(H,18,19). The van der Waals surface area contributed by atoms with Gasteiger partial charge in [-0.3, -0.25) is 9.78 Å². The van der Waals surface area contributed by atoms with Crippen molar-refractivity contribution in [1.82, 2.24) is 4.98 Å². The summed E-state index contributed by atoms with van der Waals surface area (Å²) in [7, 11) is 0. The second-order valence-electron chi connectivity index (χ2n) is 4.34. The van der Waals surface area contributed by atoms with Gasteiger partial charge < -0.3 is 5.11 Å². The van der Waals surface area contributed by atoms with E-state index in [1.54, 1.807) is 12.1 Å². The Labute approximate surface area is 110 Å². The molecule has 0 spiro atoms. The maximum atomic E-state index is 12.8. The number of carboxylic acid groups (broad SMARTS) is 1. The summed E-state index contributed by atoms with van der Waals surface area (Å²) in [5.41, 5.74) is 3.34. The average Bonchev–Trinajstić information content (AvgIpc) is 2.38. The number of rotatable bonds is 4. The molecule has 0 unspecified atom stereocenters. The van der Waals surface area contributed by atoms with Crippen LogP contribution in [-0.4, -0.2) is 16.1 Å². The molecule has 1 aromatic heterocycles. The second-order valence-corrected chi connectivity index (χ2v) is 4.34. The van der Waals surface area contributed by atoms with Gasteiger partial charge in [-0.25, -0.2) is 4.39 Å². The Morgan fingerprint density at radius 2 is 1.89 bits per heavy atom. The lowest BCUT2D eigenvalue weighted by Crippen LogP contribution is -2.00. The molecule has 1 aromatic carbocycles. The summed E-state index contributed by atoms with van der Waals surface area (Å²) in [5, 5.41) is 8.67. The third kappa shape index (κ3) is 3.37. The normalized spacial score (nSPS) is 10.4. The van der Waals surface area contributed by atoms with Gasteiger partial charge in [0.15, 0.2) is 0 Å². The number of halogens is 1. The number of hydrogen-bond acceptors (Lipinski definition) is 2. The summed E-state index contributed by atoms with van der Waals surface area (Å²) in [6.07, 6.45) is 0.566. The van der Waals surface area contributed by atoms with Gasteiger partial charge in [0.2, 0.25) is 0 Å². The van der Waals surface area contributed by atoms with Crippen LogP contribution in [0.1, 0.15) is 17.7 Å². The molecule has 1 heterocycles. The Bertz CT molecular complexity index is 594. The zero-order valence-corrected chi connectivity index (χ0v) is 10.6. The van der Waals surface area contributed by atoms with E-state index in [0.717, 1.165) is 22.5 Å². The quantitative estimate of drug-likeness (QED) is 0.917. The lowest BCUT2D eigenvalue weighted by molar-refractivity contribution is -0.136. The first-order valence-electron chi connectivity index (χ1n) is 6.00. The van der Waals surface area contributed by atoms with Crippen LogP contribution in [0.25, 0.3) is 11.3 Å². The van der Waals surface area contributed by atoms with Crippen LogP contribution in [0.4, 0.5) is 4.39 Å². The van der Waals surface area contributed by atoms with E-state index in [1.165, 1.54) is 12.1 Å². The summed E-state index contributed by atoms with van der Waals surface area (Å²) in [6, 6.07) is 9.85. The molecule has 0 bridgehead atoms. The highest BCUT2D eigenvalue weighted by Gasteiger charge is 2.06. The highest BCUT2D eigenvalue weighted by Crippen LogP contribution is 2.20. The number of carboxylic acids is 1. The van der Waals surface area contributed by atoms with Crippen LogP contribution in [0.2, 0.25) is 0 Å². The number of aryl methyl sites for hydroxylation is 2. The Balaban J connectivity index is 2.23. The van der Waals surface area contributed by atoms with Crippen molar-refractivity contribution < 1.29 is 14.3 Å². The highest BCUT2D eigenvalue weighted by molar-refractivity contribution is 5.67. The van der Waals surface area contributed by atoms with E-state index in [4.69, 9.17) is 5.11 Å². The Hall–Kier alpha value is -2.23. The first-order chi connectivity index (χ1) is 9.06. The molecule has 98 valence electrons. The van der Waals surface area contributed by atoms with Crippen LogP contribution in [0.3, 0.4) is 0 Å². The third-order valence-corrected chi connectivity index (χ3v) is 2.94. The minimum atomic E-state index is -0.818. The van der Waals surface area contributed by atoms with Gasteiger partial charge in [0.25, 0.3) is 0 Å². The number of hydrogen-bond donors (Lipinski definition) is 1. The SMILES string of the molecule is Cc1nc(-c2ccc(F)cc2)ccc1CCC(=O)O. The van der Waals surface area contributed by atoms with Crippen molar-refractivity contribution in [2.75, 3.05) is 0 Å². The van der Waals surface area contributed by atoms with E-state index >= 15 is 0 Å². The minimum Gasteiger partial charge on any atom is -0.481 e. The highest BCUT2D eigenvalue weighted by atomic mass is 19.1. The minimum absolute atomic E-state index is 0.0956. The van der Waals surface area contributed by atoms with Gasteiger partial charge in [-0.2, -0.15) is 0 Å². The summed E-state index contributed by atoms with van der Waals surface area (Å²) >= 11 is 0. The Morgan fingerprint density at radius 3 is 2.47 bits per heavy atom. The lowest BCUT2D eigenvalue weighted by atomic mass is 10.1. The molecule has 0 radical (unpaired) electrons. The molecule has 4 heteroatoms. The Morgan fingerprint density at radius 1 is 1.21 bits per heavy atom. The van der Waals surface area contributed by atoms with Gasteiger partial charge in [-0.05, 0) is 49.2 Å². The Kier molecular flexibility index (Phi) is 3.90.